The topological polar surface area (TPSA) is 81.1 Å². The SMILES string of the molecule is Cl.O=C(NCCCOc1ccc(Cl)cc1Cl)c1cn(C2CCNCC2)nn1. The van der Waals surface area contributed by atoms with Crippen LogP contribution in [0.3, 0.4) is 0 Å². The van der Waals surface area contributed by atoms with Crippen molar-refractivity contribution in [3.63, 3.8) is 0 Å². The number of ether oxygens (including phenoxy) is 1. The van der Waals surface area contributed by atoms with Crippen LogP contribution in [0.4, 0.5) is 0 Å². The van der Waals surface area contributed by atoms with Crippen molar-refractivity contribution < 1.29 is 9.53 Å². The lowest BCUT2D eigenvalue weighted by molar-refractivity contribution is 0.0946. The Hall–Kier alpha value is -1.54. The molecule has 1 aromatic heterocycles. The Labute approximate surface area is 174 Å². The molecule has 1 aromatic carbocycles. The van der Waals surface area contributed by atoms with E-state index in [1.54, 1.807) is 29.1 Å². The number of piperidine rings is 1. The highest BCUT2D eigenvalue weighted by molar-refractivity contribution is 6.35. The number of carbonyl (C=O) groups excluding carboxylic acids is 1. The van der Waals surface area contributed by atoms with Crippen LogP contribution < -0.4 is 15.4 Å². The van der Waals surface area contributed by atoms with E-state index in [2.05, 4.69) is 20.9 Å². The van der Waals surface area contributed by atoms with Crippen molar-refractivity contribution in [1.82, 2.24) is 25.6 Å². The lowest BCUT2D eigenvalue weighted by Crippen LogP contribution is -2.29. The zero-order chi connectivity index (χ0) is 18.4. The highest BCUT2D eigenvalue weighted by atomic mass is 35.5. The molecular formula is C17H22Cl3N5O2. The van der Waals surface area contributed by atoms with Gasteiger partial charge in [0, 0.05) is 11.6 Å². The molecule has 1 saturated heterocycles. The first kappa shape index (κ1) is 21.8. The monoisotopic (exact) mass is 433 g/mol. The van der Waals surface area contributed by atoms with Crippen molar-refractivity contribution >= 4 is 41.5 Å². The summed E-state index contributed by atoms with van der Waals surface area (Å²) < 4.78 is 7.38. The fraction of sp³-hybridized carbons (Fsp3) is 0.471. The number of carbonyl (C=O) groups is 1. The largest absolute Gasteiger partial charge is 0.492 e. The molecule has 0 unspecified atom stereocenters. The number of rotatable bonds is 7. The molecule has 0 bridgehead atoms. The molecule has 0 atom stereocenters. The Kier molecular flexibility index (Phi) is 8.63. The number of hydrogen-bond donors (Lipinski definition) is 2. The smallest absolute Gasteiger partial charge is 0.273 e. The summed E-state index contributed by atoms with van der Waals surface area (Å²) in [6.45, 7) is 2.83. The number of nitrogens with one attached hydrogen (secondary N) is 2. The first-order valence-corrected chi connectivity index (χ1v) is 9.37. The standard InChI is InChI=1S/C17H21Cl2N5O2.ClH/c18-12-2-3-16(14(19)10-12)26-9-1-6-21-17(25)15-11-24(23-22-15)13-4-7-20-8-5-13;/h2-3,10-11,13,20H,1,4-9H2,(H,21,25);1H. The Morgan fingerprint density at radius 3 is 2.85 bits per heavy atom. The molecule has 0 saturated carbocycles. The predicted molar refractivity (Wildman–Crippen MR) is 107 cm³/mol. The van der Waals surface area contributed by atoms with E-state index < -0.39 is 0 Å². The molecule has 2 heterocycles. The van der Waals surface area contributed by atoms with E-state index in [4.69, 9.17) is 27.9 Å². The number of hydrogen-bond acceptors (Lipinski definition) is 5. The Balaban J connectivity index is 0.00000261. The van der Waals surface area contributed by atoms with Gasteiger partial charge in [0.2, 0.25) is 0 Å². The minimum absolute atomic E-state index is 0. The van der Waals surface area contributed by atoms with Gasteiger partial charge in [-0.2, -0.15) is 0 Å². The molecule has 2 aromatic rings. The van der Waals surface area contributed by atoms with Gasteiger partial charge in [-0.1, -0.05) is 28.4 Å². The highest BCUT2D eigenvalue weighted by Crippen LogP contribution is 2.27. The van der Waals surface area contributed by atoms with Crippen LogP contribution in [0.1, 0.15) is 35.8 Å². The van der Waals surface area contributed by atoms with Gasteiger partial charge in [-0.25, -0.2) is 4.68 Å². The van der Waals surface area contributed by atoms with Crippen LogP contribution >= 0.6 is 35.6 Å². The first-order chi connectivity index (χ1) is 12.6. The lowest BCUT2D eigenvalue weighted by Gasteiger charge is -2.22. The van der Waals surface area contributed by atoms with Crippen LogP contribution in [-0.2, 0) is 0 Å². The molecule has 7 nitrogen and oxygen atoms in total. The summed E-state index contributed by atoms with van der Waals surface area (Å²) in [6.07, 6.45) is 4.35. The van der Waals surface area contributed by atoms with Crippen LogP contribution in [0.15, 0.2) is 24.4 Å². The highest BCUT2D eigenvalue weighted by Gasteiger charge is 2.18. The molecule has 3 rings (SSSR count). The molecule has 1 fully saturated rings. The summed E-state index contributed by atoms with van der Waals surface area (Å²) in [6, 6.07) is 5.38. The van der Waals surface area contributed by atoms with Crippen molar-refractivity contribution in [3.05, 3.63) is 40.1 Å². The summed E-state index contributed by atoms with van der Waals surface area (Å²) in [7, 11) is 0. The van der Waals surface area contributed by atoms with Gasteiger partial charge in [-0.3, -0.25) is 4.79 Å². The zero-order valence-corrected chi connectivity index (χ0v) is 17.0. The van der Waals surface area contributed by atoms with Crippen LogP contribution in [0.25, 0.3) is 0 Å². The van der Waals surface area contributed by atoms with Gasteiger partial charge in [0.1, 0.15) is 5.75 Å². The zero-order valence-electron chi connectivity index (χ0n) is 14.7. The van der Waals surface area contributed by atoms with E-state index in [1.165, 1.54) is 0 Å². The average molecular weight is 435 g/mol. The van der Waals surface area contributed by atoms with E-state index in [9.17, 15) is 4.79 Å². The number of halogens is 3. The predicted octanol–water partition coefficient (Wildman–Crippen LogP) is 3.13. The van der Waals surface area contributed by atoms with E-state index in [-0.39, 0.29) is 18.3 Å². The fourth-order valence-electron chi connectivity index (χ4n) is 2.77. The van der Waals surface area contributed by atoms with Gasteiger partial charge >= 0.3 is 0 Å². The average Bonchev–Trinajstić information content (AvgIpc) is 3.14. The van der Waals surface area contributed by atoms with Gasteiger partial charge in [-0.05, 0) is 50.6 Å². The summed E-state index contributed by atoms with van der Waals surface area (Å²) in [4.78, 5) is 12.1. The van der Waals surface area contributed by atoms with Gasteiger partial charge in [-0.15, -0.1) is 17.5 Å². The molecule has 27 heavy (non-hydrogen) atoms. The van der Waals surface area contributed by atoms with Crippen LogP contribution in [0.2, 0.25) is 10.0 Å². The van der Waals surface area contributed by atoms with Crippen LogP contribution in [-0.4, -0.2) is 47.1 Å². The van der Waals surface area contributed by atoms with Crippen molar-refractivity contribution in [3.8, 4) is 5.75 Å². The molecule has 1 aliphatic rings. The summed E-state index contributed by atoms with van der Waals surface area (Å²) >= 11 is 11.9. The molecule has 0 radical (unpaired) electrons. The number of amides is 1. The number of aromatic nitrogens is 3. The van der Waals surface area contributed by atoms with Crippen molar-refractivity contribution in [2.45, 2.75) is 25.3 Å². The molecular weight excluding hydrogens is 413 g/mol. The minimum Gasteiger partial charge on any atom is -0.492 e. The van der Waals surface area contributed by atoms with Gasteiger partial charge < -0.3 is 15.4 Å². The fourth-order valence-corrected chi connectivity index (χ4v) is 3.23. The first-order valence-electron chi connectivity index (χ1n) is 8.62. The molecule has 0 aliphatic carbocycles. The number of nitrogens with zero attached hydrogens (tertiary/aromatic N) is 3. The molecule has 0 spiro atoms. The van der Waals surface area contributed by atoms with Gasteiger partial charge in [0.05, 0.1) is 23.9 Å². The van der Waals surface area contributed by atoms with Gasteiger partial charge in [0.25, 0.3) is 5.91 Å². The van der Waals surface area contributed by atoms with Crippen LogP contribution in [0, 0.1) is 0 Å². The summed E-state index contributed by atoms with van der Waals surface area (Å²) in [5, 5.41) is 15.2. The third kappa shape index (κ3) is 6.24. The Morgan fingerprint density at radius 2 is 2.11 bits per heavy atom. The second kappa shape index (κ2) is 10.7. The normalized spacial score (nSPS) is 14.4. The third-order valence-corrected chi connectivity index (χ3v) is 4.71. The quantitative estimate of drug-likeness (QED) is 0.654. The third-order valence-electron chi connectivity index (χ3n) is 4.18. The minimum atomic E-state index is -0.227. The lowest BCUT2D eigenvalue weighted by atomic mass is 10.1. The molecule has 2 N–H and O–H groups in total. The summed E-state index contributed by atoms with van der Waals surface area (Å²) in [5.74, 6) is 0.349. The van der Waals surface area contributed by atoms with Crippen molar-refractivity contribution in [2.24, 2.45) is 0 Å². The van der Waals surface area contributed by atoms with Crippen LogP contribution in [0.5, 0.6) is 5.75 Å². The number of benzene rings is 1. The molecule has 1 amide bonds. The maximum absolute atomic E-state index is 12.1. The second-order valence-electron chi connectivity index (χ2n) is 6.10. The van der Waals surface area contributed by atoms with Gasteiger partial charge in [0.15, 0.2) is 5.69 Å². The maximum Gasteiger partial charge on any atom is 0.273 e. The van der Waals surface area contributed by atoms with E-state index >= 15 is 0 Å². The molecule has 148 valence electrons. The van der Waals surface area contributed by atoms with Crippen molar-refractivity contribution in [1.29, 1.82) is 0 Å². The molecule has 1 aliphatic heterocycles. The second-order valence-corrected chi connectivity index (χ2v) is 6.94. The summed E-state index contributed by atoms with van der Waals surface area (Å²) in [5.41, 5.74) is 0.338. The molecule has 10 heteroatoms. The Morgan fingerprint density at radius 1 is 1.33 bits per heavy atom. The van der Waals surface area contributed by atoms with E-state index in [1.807, 2.05) is 0 Å². The van der Waals surface area contributed by atoms with Crippen molar-refractivity contribution in [2.75, 3.05) is 26.2 Å². The Bertz CT molecular complexity index is 750. The maximum atomic E-state index is 12.1. The van der Waals surface area contributed by atoms with E-state index in [0.29, 0.717) is 47.1 Å². The van der Waals surface area contributed by atoms with E-state index in [0.717, 1.165) is 25.9 Å².